The molecule has 2 aliphatic heterocycles. The predicted octanol–water partition coefficient (Wildman–Crippen LogP) is 0.470. The summed E-state index contributed by atoms with van der Waals surface area (Å²) in [6.45, 7) is 2.17. The van der Waals surface area contributed by atoms with Gasteiger partial charge in [-0.1, -0.05) is 6.42 Å². The molecule has 8 nitrogen and oxygen atoms in total. The molecule has 2 fully saturated rings. The van der Waals surface area contributed by atoms with Crippen molar-refractivity contribution in [2.24, 2.45) is 0 Å². The molecule has 4 rings (SSSR count). The number of carbonyl (C=O) groups excluding carboxylic acids is 3. The highest BCUT2D eigenvalue weighted by atomic mass is 32.1. The van der Waals surface area contributed by atoms with Gasteiger partial charge in [0.25, 0.3) is 0 Å². The molecule has 2 saturated heterocycles. The zero-order chi connectivity index (χ0) is 19.7. The van der Waals surface area contributed by atoms with Gasteiger partial charge in [0.1, 0.15) is 11.1 Å². The largest absolute Gasteiger partial charge is 0.346 e. The monoisotopic (exact) mass is 401 g/mol. The molecule has 3 heterocycles. The number of hydrogen-bond donors (Lipinski definition) is 2. The van der Waals surface area contributed by atoms with Crippen LogP contribution in [0.3, 0.4) is 0 Å². The van der Waals surface area contributed by atoms with Crippen LogP contribution < -0.4 is 10.6 Å². The third kappa shape index (κ3) is 3.62. The van der Waals surface area contributed by atoms with Crippen molar-refractivity contribution in [3.05, 3.63) is 16.0 Å². The van der Waals surface area contributed by atoms with E-state index in [0.717, 1.165) is 31.2 Å². The fourth-order valence-electron chi connectivity index (χ4n) is 4.24. The number of amides is 3. The number of nitriles is 1. The predicted molar refractivity (Wildman–Crippen MR) is 104 cm³/mol. The first-order valence-corrected chi connectivity index (χ1v) is 10.5. The van der Waals surface area contributed by atoms with E-state index in [1.165, 1.54) is 22.6 Å². The van der Waals surface area contributed by atoms with E-state index in [1.54, 1.807) is 4.90 Å². The fraction of sp³-hybridized carbons (Fsp3) is 0.579. The number of aryl methyl sites for hydroxylation is 1. The van der Waals surface area contributed by atoms with Crippen LogP contribution in [0, 0.1) is 11.3 Å². The first-order chi connectivity index (χ1) is 13.6. The van der Waals surface area contributed by atoms with Gasteiger partial charge in [-0.25, -0.2) is 0 Å². The van der Waals surface area contributed by atoms with Crippen LogP contribution in [0.1, 0.15) is 35.3 Å². The maximum atomic E-state index is 12.6. The fourth-order valence-corrected chi connectivity index (χ4v) is 5.50. The number of anilines is 1. The smallest absolute Gasteiger partial charge is 0.312 e. The summed E-state index contributed by atoms with van der Waals surface area (Å²) in [7, 11) is 0. The molecule has 0 bridgehead atoms. The van der Waals surface area contributed by atoms with E-state index in [0.29, 0.717) is 36.7 Å². The number of piperazine rings is 2. The van der Waals surface area contributed by atoms with E-state index in [1.807, 2.05) is 4.90 Å². The Balaban J connectivity index is 1.39. The Morgan fingerprint density at radius 1 is 1.25 bits per heavy atom. The summed E-state index contributed by atoms with van der Waals surface area (Å²) in [5.41, 5.74) is 1.74. The molecule has 3 amide bonds. The summed E-state index contributed by atoms with van der Waals surface area (Å²) in [6, 6.07) is 2.19. The molecule has 148 valence electrons. The number of fused-ring (bicyclic) bond motifs is 2. The molecule has 2 N–H and O–H groups in total. The average molecular weight is 401 g/mol. The van der Waals surface area contributed by atoms with Crippen molar-refractivity contribution in [2.75, 3.05) is 38.0 Å². The van der Waals surface area contributed by atoms with Crippen LogP contribution in [0.25, 0.3) is 0 Å². The molecule has 0 spiro atoms. The van der Waals surface area contributed by atoms with Crippen LogP contribution in [0.15, 0.2) is 0 Å². The van der Waals surface area contributed by atoms with Gasteiger partial charge >= 0.3 is 11.8 Å². The van der Waals surface area contributed by atoms with Gasteiger partial charge in [0.15, 0.2) is 0 Å². The molecule has 3 aliphatic rings. The van der Waals surface area contributed by atoms with Crippen molar-refractivity contribution >= 4 is 34.1 Å². The molecule has 0 radical (unpaired) electrons. The van der Waals surface area contributed by atoms with E-state index in [2.05, 4.69) is 16.7 Å². The molecular formula is C19H23N5O3S. The van der Waals surface area contributed by atoms with Gasteiger partial charge in [-0.2, -0.15) is 5.26 Å². The Kier molecular flexibility index (Phi) is 5.33. The van der Waals surface area contributed by atoms with Gasteiger partial charge in [0, 0.05) is 31.1 Å². The van der Waals surface area contributed by atoms with E-state index in [-0.39, 0.29) is 18.5 Å². The number of hydrogen-bond acceptors (Lipinski definition) is 6. The van der Waals surface area contributed by atoms with Crippen LogP contribution in [0.2, 0.25) is 0 Å². The average Bonchev–Trinajstić information content (AvgIpc) is 2.84. The normalized spacial score (nSPS) is 22.5. The van der Waals surface area contributed by atoms with Gasteiger partial charge in [-0.3, -0.25) is 19.3 Å². The number of thiophene rings is 1. The second-order valence-corrected chi connectivity index (χ2v) is 8.63. The van der Waals surface area contributed by atoms with Crippen LogP contribution in [0.4, 0.5) is 5.00 Å². The molecule has 1 aromatic rings. The molecule has 9 heteroatoms. The highest BCUT2D eigenvalue weighted by molar-refractivity contribution is 7.16. The molecule has 0 saturated carbocycles. The second kappa shape index (κ2) is 7.89. The Morgan fingerprint density at radius 2 is 2.07 bits per heavy atom. The van der Waals surface area contributed by atoms with Gasteiger partial charge in [0.2, 0.25) is 5.91 Å². The Hall–Kier alpha value is -2.44. The van der Waals surface area contributed by atoms with Crippen LogP contribution in [-0.2, 0) is 27.2 Å². The maximum Gasteiger partial charge on any atom is 0.312 e. The van der Waals surface area contributed by atoms with Gasteiger partial charge in [-0.05, 0) is 31.2 Å². The summed E-state index contributed by atoms with van der Waals surface area (Å²) in [5.74, 6) is -1.18. The van der Waals surface area contributed by atoms with E-state index >= 15 is 0 Å². The van der Waals surface area contributed by atoms with Gasteiger partial charge in [-0.15, -0.1) is 11.3 Å². The lowest BCUT2D eigenvalue weighted by atomic mass is 10.1. The minimum absolute atomic E-state index is 0.0979. The Morgan fingerprint density at radius 3 is 2.89 bits per heavy atom. The lowest BCUT2D eigenvalue weighted by molar-refractivity contribution is -0.152. The lowest BCUT2D eigenvalue weighted by Crippen LogP contribution is -2.65. The number of nitrogens with one attached hydrogen (secondary N) is 2. The van der Waals surface area contributed by atoms with Crippen molar-refractivity contribution in [2.45, 2.75) is 38.1 Å². The van der Waals surface area contributed by atoms with Crippen LogP contribution in [-0.4, -0.2) is 66.3 Å². The summed E-state index contributed by atoms with van der Waals surface area (Å²) < 4.78 is 0. The zero-order valence-corrected chi connectivity index (χ0v) is 16.4. The van der Waals surface area contributed by atoms with E-state index < -0.39 is 11.8 Å². The van der Waals surface area contributed by atoms with E-state index in [4.69, 9.17) is 0 Å². The lowest BCUT2D eigenvalue weighted by Gasteiger charge is -2.43. The summed E-state index contributed by atoms with van der Waals surface area (Å²) >= 11 is 1.54. The molecule has 1 atom stereocenters. The Labute approximate surface area is 167 Å². The SMILES string of the molecule is N#Cc1c(NC(=O)CN2CCN3C(=O)C(=O)NC[C@H]3C2)sc2c1CCCCC2. The third-order valence-electron chi connectivity index (χ3n) is 5.67. The highest BCUT2D eigenvalue weighted by Gasteiger charge is 2.37. The second-order valence-electron chi connectivity index (χ2n) is 7.53. The number of nitrogens with zero attached hydrogens (tertiary/aromatic N) is 3. The molecular weight excluding hydrogens is 378 g/mol. The first kappa shape index (κ1) is 18.9. The minimum atomic E-state index is -0.552. The Bertz CT molecular complexity index is 858. The van der Waals surface area contributed by atoms with Crippen molar-refractivity contribution in [1.82, 2.24) is 15.1 Å². The quantitative estimate of drug-likeness (QED) is 0.566. The van der Waals surface area contributed by atoms with Crippen molar-refractivity contribution < 1.29 is 14.4 Å². The molecule has 0 unspecified atom stereocenters. The number of carbonyl (C=O) groups is 3. The highest BCUT2D eigenvalue weighted by Crippen LogP contribution is 2.36. The number of rotatable bonds is 3. The summed E-state index contributed by atoms with van der Waals surface area (Å²) in [5, 5.41) is 15.8. The molecule has 1 aromatic heterocycles. The minimum Gasteiger partial charge on any atom is -0.346 e. The molecule has 0 aromatic carbocycles. The topological polar surface area (TPSA) is 106 Å². The molecule has 1 aliphatic carbocycles. The standard InChI is InChI=1S/C19H23N5O3S/c20-8-14-13-4-2-1-3-5-15(13)28-18(14)22-16(25)11-23-6-7-24-12(10-23)9-21-17(26)19(24)27/h12H,1-7,9-11H2,(H,21,26)(H,22,25)/t12-/m0/s1. The zero-order valence-electron chi connectivity index (χ0n) is 15.6. The van der Waals surface area contributed by atoms with Crippen LogP contribution >= 0.6 is 11.3 Å². The molecule has 28 heavy (non-hydrogen) atoms. The maximum absolute atomic E-state index is 12.6. The summed E-state index contributed by atoms with van der Waals surface area (Å²) in [6.07, 6.45) is 5.30. The first-order valence-electron chi connectivity index (χ1n) is 9.72. The van der Waals surface area contributed by atoms with Crippen molar-refractivity contribution in [3.8, 4) is 6.07 Å². The van der Waals surface area contributed by atoms with Crippen LogP contribution in [0.5, 0.6) is 0 Å². The third-order valence-corrected chi connectivity index (χ3v) is 6.88. The van der Waals surface area contributed by atoms with Gasteiger partial charge < -0.3 is 15.5 Å². The van der Waals surface area contributed by atoms with E-state index in [9.17, 15) is 19.6 Å². The van der Waals surface area contributed by atoms with Crippen molar-refractivity contribution in [1.29, 1.82) is 5.26 Å². The van der Waals surface area contributed by atoms with Crippen molar-refractivity contribution in [3.63, 3.8) is 0 Å². The van der Waals surface area contributed by atoms with Gasteiger partial charge in [0.05, 0.1) is 18.2 Å². The summed E-state index contributed by atoms with van der Waals surface area (Å²) in [4.78, 5) is 40.8.